The van der Waals surface area contributed by atoms with Crippen molar-refractivity contribution in [2.24, 2.45) is 0 Å². The lowest BCUT2D eigenvalue weighted by atomic mass is 10.1. The number of nitrogens with one attached hydrogen (secondary N) is 2. The number of benzene rings is 2. The van der Waals surface area contributed by atoms with Crippen molar-refractivity contribution in [3.05, 3.63) is 54.1 Å². The van der Waals surface area contributed by atoms with E-state index in [1.54, 1.807) is 6.92 Å². The molecule has 0 radical (unpaired) electrons. The third kappa shape index (κ3) is 6.31. The fourth-order valence-corrected chi connectivity index (χ4v) is 4.60. The Morgan fingerprint density at radius 2 is 1.79 bits per heavy atom. The highest BCUT2D eigenvalue weighted by atomic mass is 32.2. The zero-order chi connectivity index (χ0) is 24.0. The predicted molar refractivity (Wildman–Crippen MR) is 126 cm³/mol. The fourth-order valence-electron chi connectivity index (χ4n) is 3.63. The number of anilines is 2. The van der Waals surface area contributed by atoms with E-state index in [-0.39, 0.29) is 17.2 Å². The van der Waals surface area contributed by atoms with Crippen LogP contribution in [-0.4, -0.2) is 58.0 Å². The van der Waals surface area contributed by atoms with Crippen molar-refractivity contribution < 1.29 is 22.8 Å². The summed E-state index contributed by atoms with van der Waals surface area (Å²) in [5.41, 5.74) is 2.11. The first-order chi connectivity index (χ1) is 15.7. The van der Waals surface area contributed by atoms with Crippen LogP contribution in [0.2, 0.25) is 0 Å². The molecule has 10 heteroatoms. The smallest absolute Gasteiger partial charge is 0.264 e. The highest BCUT2D eigenvalue weighted by Gasteiger charge is 2.21. The minimum absolute atomic E-state index is 0.00647. The van der Waals surface area contributed by atoms with Crippen molar-refractivity contribution in [2.45, 2.75) is 37.1 Å². The van der Waals surface area contributed by atoms with E-state index >= 15 is 0 Å². The topological polar surface area (TPSA) is 108 Å². The Morgan fingerprint density at radius 3 is 2.42 bits per heavy atom. The summed E-state index contributed by atoms with van der Waals surface area (Å²) in [6, 6.07) is 12.9. The van der Waals surface area contributed by atoms with Gasteiger partial charge in [-0.2, -0.15) is 0 Å². The molecule has 1 unspecified atom stereocenters. The van der Waals surface area contributed by atoms with Crippen molar-refractivity contribution in [3.63, 3.8) is 0 Å². The highest BCUT2D eigenvalue weighted by molar-refractivity contribution is 7.89. The van der Waals surface area contributed by atoms with Crippen LogP contribution in [0.1, 0.15) is 36.5 Å². The Bertz CT molecular complexity index is 1080. The monoisotopic (exact) mass is 474 g/mol. The molecule has 2 aromatic rings. The number of sulfonamides is 1. The Kier molecular flexibility index (Phi) is 8.06. The molecule has 2 amide bonds. The molecule has 0 aliphatic carbocycles. The zero-order valence-electron chi connectivity index (χ0n) is 19.1. The summed E-state index contributed by atoms with van der Waals surface area (Å²) in [7, 11) is -1.25. The number of carbonyl (C=O) groups excluding carboxylic acids is 2. The average Bonchev–Trinajstić information content (AvgIpc) is 3.33. The van der Waals surface area contributed by atoms with Crippen LogP contribution in [-0.2, 0) is 19.7 Å². The van der Waals surface area contributed by atoms with Gasteiger partial charge in [-0.3, -0.25) is 14.4 Å². The van der Waals surface area contributed by atoms with Gasteiger partial charge in [-0.25, -0.2) is 8.42 Å². The summed E-state index contributed by atoms with van der Waals surface area (Å²) in [6.07, 6.45) is 2.46. The van der Waals surface area contributed by atoms with Gasteiger partial charge in [-0.15, -0.1) is 0 Å². The number of hydrogen-bond acceptors (Lipinski definition) is 6. The molecule has 2 N–H and O–H groups in total. The summed E-state index contributed by atoms with van der Waals surface area (Å²) in [6.45, 7) is 3.79. The predicted octanol–water partition coefficient (Wildman–Crippen LogP) is 2.62. The van der Waals surface area contributed by atoms with E-state index < -0.39 is 22.0 Å². The third-order valence-corrected chi connectivity index (χ3v) is 7.17. The number of amides is 2. The van der Waals surface area contributed by atoms with Crippen LogP contribution in [0.15, 0.2) is 53.4 Å². The number of nitrogens with zero attached hydrogens (tertiary/aromatic N) is 2. The molecular weight excluding hydrogens is 444 g/mol. The summed E-state index contributed by atoms with van der Waals surface area (Å²) in [4.78, 5) is 32.0. The molecule has 33 heavy (non-hydrogen) atoms. The molecule has 1 heterocycles. The fraction of sp³-hybridized carbons (Fsp3) is 0.391. The van der Waals surface area contributed by atoms with Gasteiger partial charge in [0, 0.05) is 49.5 Å². The maximum atomic E-state index is 12.5. The average molecular weight is 475 g/mol. The first kappa shape index (κ1) is 24.7. The number of hydroxylamine groups is 1. The molecule has 0 saturated carbocycles. The van der Waals surface area contributed by atoms with Gasteiger partial charge in [-0.05, 0) is 62.2 Å². The summed E-state index contributed by atoms with van der Waals surface area (Å²) < 4.78 is 25.2. The lowest BCUT2D eigenvalue weighted by Crippen LogP contribution is -2.35. The maximum Gasteiger partial charge on any atom is 0.264 e. The number of rotatable bonds is 9. The van der Waals surface area contributed by atoms with Crippen LogP contribution in [0, 0.1) is 0 Å². The van der Waals surface area contributed by atoms with Crippen LogP contribution < -0.4 is 15.5 Å². The molecule has 3 rings (SSSR count). The number of carbonyl (C=O) groups is 2. The van der Waals surface area contributed by atoms with E-state index in [0.29, 0.717) is 5.56 Å². The molecule has 178 valence electrons. The van der Waals surface area contributed by atoms with Gasteiger partial charge in [0.25, 0.3) is 15.9 Å². The van der Waals surface area contributed by atoms with E-state index in [2.05, 4.69) is 15.5 Å². The summed E-state index contributed by atoms with van der Waals surface area (Å²) in [5, 5.41) is 5.66. The van der Waals surface area contributed by atoms with E-state index in [4.69, 9.17) is 4.84 Å². The second-order valence-corrected chi connectivity index (χ2v) is 9.93. The maximum absolute atomic E-state index is 12.5. The normalized spacial score (nSPS) is 14.8. The SMILES string of the molecule is CON(C)S(=O)(=O)c1ccc(C(=O)NC(C)CC(=O)Nc2cccc(N3CCCC3)c2)cc1. The van der Waals surface area contributed by atoms with E-state index in [9.17, 15) is 18.0 Å². The van der Waals surface area contributed by atoms with Crippen molar-refractivity contribution in [2.75, 3.05) is 37.5 Å². The first-order valence-electron chi connectivity index (χ1n) is 10.8. The van der Waals surface area contributed by atoms with Crippen LogP contribution >= 0.6 is 0 Å². The van der Waals surface area contributed by atoms with E-state index in [1.807, 2.05) is 24.3 Å². The molecule has 1 aliphatic heterocycles. The molecule has 9 nitrogen and oxygen atoms in total. The second kappa shape index (κ2) is 10.8. The van der Waals surface area contributed by atoms with Crippen LogP contribution in [0.4, 0.5) is 11.4 Å². The molecule has 0 aromatic heterocycles. The molecule has 1 atom stereocenters. The van der Waals surface area contributed by atoms with Gasteiger partial charge in [0.05, 0.1) is 12.0 Å². The largest absolute Gasteiger partial charge is 0.371 e. The Balaban J connectivity index is 1.54. The van der Waals surface area contributed by atoms with Gasteiger partial charge in [-0.1, -0.05) is 10.5 Å². The van der Waals surface area contributed by atoms with Crippen LogP contribution in [0.25, 0.3) is 0 Å². The minimum Gasteiger partial charge on any atom is -0.371 e. The number of hydrogen-bond donors (Lipinski definition) is 2. The Labute approximate surface area is 194 Å². The highest BCUT2D eigenvalue weighted by Crippen LogP contribution is 2.23. The molecule has 2 aromatic carbocycles. The Morgan fingerprint density at radius 1 is 1.12 bits per heavy atom. The first-order valence-corrected chi connectivity index (χ1v) is 12.2. The zero-order valence-corrected chi connectivity index (χ0v) is 19.9. The molecule has 0 spiro atoms. The molecule has 1 aliphatic rings. The Hall–Kier alpha value is -2.95. The minimum atomic E-state index is -3.79. The van der Waals surface area contributed by atoms with Gasteiger partial charge < -0.3 is 15.5 Å². The third-order valence-electron chi connectivity index (χ3n) is 5.48. The van der Waals surface area contributed by atoms with Crippen molar-refractivity contribution in [1.82, 2.24) is 9.79 Å². The lowest BCUT2D eigenvalue weighted by Gasteiger charge is -2.19. The molecule has 1 fully saturated rings. The van der Waals surface area contributed by atoms with Crippen molar-refractivity contribution in [1.29, 1.82) is 0 Å². The second-order valence-electron chi connectivity index (χ2n) is 7.99. The summed E-state index contributed by atoms with van der Waals surface area (Å²) in [5.74, 6) is -0.596. The lowest BCUT2D eigenvalue weighted by molar-refractivity contribution is -0.116. The molecule has 0 bridgehead atoms. The van der Waals surface area contributed by atoms with Crippen LogP contribution in [0.5, 0.6) is 0 Å². The standard InChI is InChI=1S/C23H30N4O5S/c1-17(15-22(28)25-19-7-6-8-20(16-19)27-13-4-5-14-27)24-23(29)18-9-11-21(12-10-18)33(30,31)26(2)32-3/h6-12,16-17H,4-5,13-15H2,1-3H3,(H,24,29)(H,25,28). The molecular formula is C23H30N4O5S. The summed E-state index contributed by atoms with van der Waals surface area (Å²) >= 11 is 0. The van der Waals surface area contributed by atoms with E-state index in [0.717, 1.165) is 28.9 Å². The van der Waals surface area contributed by atoms with Crippen LogP contribution in [0.3, 0.4) is 0 Å². The van der Waals surface area contributed by atoms with Gasteiger partial charge in [0.1, 0.15) is 0 Å². The van der Waals surface area contributed by atoms with E-state index in [1.165, 1.54) is 51.3 Å². The van der Waals surface area contributed by atoms with Gasteiger partial charge in [0.2, 0.25) is 5.91 Å². The van der Waals surface area contributed by atoms with Crippen molar-refractivity contribution in [3.8, 4) is 0 Å². The molecule has 1 saturated heterocycles. The van der Waals surface area contributed by atoms with Gasteiger partial charge >= 0.3 is 0 Å². The van der Waals surface area contributed by atoms with Gasteiger partial charge in [0.15, 0.2) is 0 Å². The van der Waals surface area contributed by atoms with Crippen molar-refractivity contribution >= 4 is 33.2 Å². The quantitative estimate of drug-likeness (QED) is 0.541.